The molecule has 2 atom stereocenters. The standard InChI is InChI=1S/C23H30N4/c1-17(11-12-24)15-27(16-19-14-26-21-9-3-2-8-20(19)21)22-10-4-6-18-7-5-13-25-23(18)22/h2-3,5,7-9,13-14,17,22,26H,4,6,10-12,15-16,24H2,1H3. The second kappa shape index (κ2) is 8.24. The largest absolute Gasteiger partial charge is 0.361 e. The van der Waals surface area contributed by atoms with E-state index in [1.54, 1.807) is 0 Å². The molecule has 0 bridgehead atoms. The first-order chi connectivity index (χ1) is 13.3. The number of aromatic amines is 1. The Balaban J connectivity index is 1.65. The molecule has 3 N–H and O–H groups in total. The third kappa shape index (κ3) is 3.92. The Bertz CT molecular complexity index is 885. The minimum atomic E-state index is 0.392. The number of hydrogen-bond acceptors (Lipinski definition) is 3. The van der Waals surface area contributed by atoms with Gasteiger partial charge < -0.3 is 10.7 Å². The molecule has 27 heavy (non-hydrogen) atoms. The number of nitrogens with zero attached hydrogens (tertiary/aromatic N) is 2. The molecule has 0 spiro atoms. The lowest BCUT2D eigenvalue weighted by molar-refractivity contribution is 0.142. The monoisotopic (exact) mass is 362 g/mol. The van der Waals surface area contributed by atoms with Crippen LogP contribution in [-0.2, 0) is 13.0 Å². The van der Waals surface area contributed by atoms with E-state index in [0.717, 1.165) is 32.5 Å². The Labute approximate surface area is 161 Å². The molecule has 0 amide bonds. The minimum Gasteiger partial charge on any atom is -0.361 e. The maximum absolute atomic E-state index is 5.83. The zero-order chi connectivity index (χ0) is 18.6. The summed E-state index contributed by atoms with van der Waals surface area (Å²) in [5.41, 5.74) is 11.1. The zero-order valence-electron chi connectivity index (χ0n) is 16.2. The van der Waals surface area contributed by atoms with E-state index >= 15 is 0 Å². The molecule has 3 aromatic rings. The molecule has 4 rings (SSSR count). The summed E-state index contributed by atoms with van der Waals surface area (Å²) in [5.74, 6) is 0.578. The second-order valence-corrected chi connectivity index (χ2v) is 7.93. The Kier molecular flexibility index (Phi) is 5.55. The molecular weight excluding hydrogens is 332 g/mol. The van der Waals surface area contributed by atoms with Gasteiger partial charge in [0.2, 0.25) is 0 Å². The summed E-state index contributed by atoms with van der Waals surface area (Å²) in [6.45, 7) is 5.07. The number of fused-ring (bicyclic) bond motifs is 2. The molecule has 4 nitrogen and oxygen atoms in total. The van der Waals surface area contributed by atoms with Crippen molar-refractivity contribution in [2.75, 3.05) is 13.1 Å². The van der Waals surface area contributed by atoms with E-state index in [-0.39, 0.29) is 0 Å². The number of para-hydroxylation sites is 1. The highest BCUT2D eigenvalue weighted by Gasteiger charge is 2.28. The minimum absolute atomic E-state index is 0.392. The fraction of sp³-hybridized carbons (Fsp3) is 0.435. The third-order valence-corrected chi connectivity index (χ3v) is 5.86. The van der Waals surface area contributed by atoms with Crippen molar-refractivity contribution in [2.24, 2.45) is 11.7 Å². The maximum atomic E-state index is 5.83. The first-order valence-electron chi connectivity index (χ1n) is 10.2. The number of H-pyrrole nitrogens is 1. The summed E-state index contributed by atoms with van der Waals surface area (Å²) in [5, 5.41) is 1.33. The molecule has 0 radical (unpaired) electrons. The topological polar surface area (TPSA) is 57.9 Å². The van der Waals surface area contributed by atoms with E-state index in [0.29, 0.717) is 12.0 Å². The van der Waals surface area contributed by atoms with Crippen LogP contribution in [0.5, 0.6) is 0 Å². The highest BCUT2D eigenvalue weighted by Crippen LogP contribution is 2.35. The molecule has 0 saturated heterocycles. The van der Waals surface area contributed by atoms with Crippen molar-refractivity contribution in [3.8, 4) is 0 Å². The van der Waals surface area contributed by atoms with E-state index in [4.69, 9.17) is 10.7 Å². The predicted molar refractivity (Wildman–Crippen MR) is 111 cm³/mol. The summed E-state index contributed by atoms with van der Waals surface area (Å²) in [6.07, 6.45) is 8.75. The van der Waals surface area contributed by atoms with Crippen molar-refractivity contribution in [1.82, 2.24) is 14.9 Å². The van der Waals surface area contributed by atoms with Crippen LogP contribution in [0.4, 0.5) is 0 Å². The van der Waals surface area contributed by atoms with Gasteiger partial charge in [-0.1, -0.05) is 31.2 Å². The maximum Gasteiger partial charge on any atom is 0.0607 e. The lowest BCUT2D eigenvalue weighted by Gasteiger charge is -2.36. The van der Waals surface area contributed by atoms with Crippen LogP contribution in [-0.4, -0.2) is 28.0 Å². The number of aromatic nitrogens is 2. The summed E-state index contributed by atoms with van der Waals surface area (Å²) >= 11 is 0. The van der Waals surface area contributed by atoms with Crippen molar-refractivity contribution in [3.05, 3.63) is 65.6 Å². The molecule has 1 aromatic carbocycles. The second-order valence-electron chi connectivity index (χ2n) is 7.93. The van der Waals surface area contributed by atoms with Gasteiger partial charge >= 0.3 is 0 Å². The Morgan fingerprint density at radius 3 is 3.04 bits per heavy atom. The van der Waals surface area contributed by atoms with E-state index in [1.165, 1.54) is 40.6 Å². The number of rotatable bonds is 7. The van der Waals surface area contributed by atoms with E-state index in [2.05, 4.69) is 59.4 Å². The first kappa shape index (κ1) is 18.2. The van der Waals surface area contributed by atoms with E-state index in [9.17, 15) is 0 Å². The number of benzene rings is 1. The van der Waals surface area contributed by atoms with Crippen molar-refractivity contribution >= 4 is 10.9 Å². The van der Waals surface area contributed by atoms with Gasteiger partial charge in [-0.25, -0.2) is 0 Å². The lowest BCUT2D eigenvalue weighted by atomic mass is 9.90. The van der Waals surface area contributed by atoms with Crippen LogP contribution in [0.15, 0.2) is 48.8 Å². The molecule has 2 aromatic heterocycles. The van der Waals surface area contributed by atoms with Crippen LogP contribution in [0.25, 0.3) is 10.9 Å². The Hall–Kier alpha value is -2.17. The molecule has 2 heterocycles. The average molecular weight is 363 g/mol. The summed E-state index contributed by atoms with van der Waals surface area (Å²) in [4.78, 5) is 10.9. The van der Waals surface area contributed by atoms with Gasteiger partial charge in [-0.05, 0) is 61.4 Å². The van der Waals surface area contributed by atoms with Crippen molar-refractivity contribution in [1.29, 1.82) is 0 Å². The van der Waals surface area contributed by atoms with Gasteiger partial charge in [0.1, 0.15) is 0 Å². The number of aryl methyl sites for hydroxylation is 1. The van der Waals surface area contributed by atoms with Gasteiger partial charge in [0.15, 0.2) is 0 Å². The van der Waals surface area contributed by atoms with Crippen LogP contribution in [0.2, 0.25) is 0 Å². The molecule has 0 aliphatic heterocycles. The molecular formula is C23H30N4. The molecule has 1 aliphatic rings. The van der Waals surface area contributed by atoms with Gasteiger partial charge in [0.05, 0.1) is 11.7 Å². The average Bonchev–Trinajstić information content (AvgIpc) is 3.10. The third-order valence-electron chi connectivity index (χ3n) is 5.86. The number of pyridine rings is 1. The molecule has 0 fully saturated rings. The van der Waals surface area contributed by atoms with Gasteiger partial charge in [-0.15, -0.1) is 0 Å². The number of hydrogen-bond donors (Lipinski definition) is 2. The molecule has 2 unspecified atom stereocenters. The van der Waals surface area contributed by atoms with E-state index in [1.807, 2.05) is 6.20 Å². The van der Waals surface area contributed by atoms with Crippen molar-refractivity contribution in [2.45, 2.75) is 45.2 Å². The molecule has 4 heteroatoms. The van der Waals surface area contributed by atoms with Gasteiger partial charge in [0, 0.05) is 36.4 Å². The van der Waals surface area contributed by atoms with Gasteiger partial charge in [-0.2, -0.15) is 0 Å². The van der Waals surface area contributed by atoms with Gasteiger partial charge in [-0.3, -0.25) is 9.88 Å². The fourth-order valence-electron chi connectivity index (χ4n) is 4.50. The van der Waals surface area contributed by atoms with Gasteiger partial charge in [0.25, 0.3) is 0 Å². The Morgan fingerprint density at radius 2 is 2.15 bits per heavy atom. The zero-order valence-corrected chi connectivity index (χ0v) is 16.2. The SMILES string of the molecule is CC(CCN)CN(Cc1c[nH]c2ccccc12)C1CCCc2cccnc21. The summed E-state index contributed by atoms with van der Waals surface area (Å²) in [7, 11) is 0. The van der Waals surface area contributed by atoms with Crippen LogP contribution >= 0.6 is 0 Å². The highest BCUT2D eigenvalue weighted by molar-refractivity contribution is 5.82. The normalized spacial score (nSPS) is 18.0. The van der Waals surface area contributed by atoms with Crippen LogP contribution in [0.3, 0.4) is 0 Å². The smallest absolute Gasteiger partial charge is 0.0607 e. The van der Waals surface area contributed by atoms with E-state index < -0.39 is 0 Å². The highest BCUT2D eigenvalue weighted by atomic mass is 15.2. The van der Waals surface area contributed by atoms with Crippen LogP contribution in [0, 0.1) is 5.92 Å². The summed E-state index contributed by atoms with van der Waals surface area (Å²) in [6, 6.07) is 13.3. The van der Waals surface area contributed by atoms with Crippen LogP contribution < -0.4 is 5.73 Å². The number of nitrogens with one attached hydrogen (secondary N) is 1. The first-order valence-corrected chi connectivity index (χ1v) is 10.2. The molecule has 1 aliphatic carbocycles. The number of nitrogens with two attached hydrogens (primary N) is 1. The Morgan fingerprint density at radius 1 is 1.26 bits per heavy atom. The molecule has 0 saturated carbocycles. The van der Waals surface area contributed by atoms with Crippen molar-refractivity contribution in [3.63, 3.8) is 0 Å². The summed E-state index contributed by atoms with van der Waals surface area (Å²) < 4.78 is 0. The van der Waals surface area contributed by atoms with Crippen LogP contribution in [0.1, 0.15) is 49.0 Å². The predicted octanol–water partition coefficient (Wildman–Crippen LogP) is 4.43. The quantitative estimate of drug-likeness (QED) is 0.654. The fourth-order valence-corrected chi connectivity index (χ4v) is 4.50. The van der Waals surface area contributed by atoms with Crippen molar-refractivity contribution < 1.29 is 0 Å². The molecule has 142 valence electrons. The lowest BCUT2D eigenvalue weighted by Crippen LogP contribution is -2.35.